The molecule has 0 aliphatic heterocycles. The van der Waals surface area contributed by atoms with Crippen molar-refractivity contribution in [1.82, 2.24) is 14.8 Å². The summed E-state index contributed by atoms with van der Waals surface area (Å²) in [6, 6.07) is 4.82. The van der Waals surface area contributed by atoms with Gasteiger partial charge in [0.15, 0.2) is 0 Å². The lowest BCUT2D eigenvalue weighted by atomic mass is 10.2. The molecule has 0 radical (unpaired) electrons. The van der Waals surface area contributed by atoms with E-state index in [0.717, 1.165) is 16.8 Å². The van der Waals surface area contributed by atoms with Crippen molar-refractivity contribution in [2.24, 2.45) is 0 Å². The number of hydrogen-bond donors (Lipinski definition) is 1. The number of aromatic nitrogens is 3. The Hall–Kier alpha value is -1.96. The molecule has 0 amide bonds. The Balaban J connectivity index is 2.04. The normalized spacial score (nSPS) is 10.5. The zero-order valence-corrected chi connectivity index (χ0v) is 12.5. The Kier molecular flexibility index (Phi) is 4.67. The molecule has 0 spiro atoms. The Bertz CT molecular complexity index is 614. The van der Waals surface area contributed by atoms with Crippen LogP contribution in [0.25, 0.3) is 0 Å². The third-order valence-electron chi connectivity index (χ3n) is 2.86. The van der Waals surface area contributed by atoms with Gasteiger partial charge in [0, 0.05) is 30.0 Å². The highest BCUT2D eigenvalue weighted by Gasteiger charge is 2.13. The number of rotatable bonds is 6. The van der Waals surface area contributed by atoms with Crippen LogP contribution in [-0.2, 0) is 13.0 Å². The zero-order chi connectivity index (χ0) is 14.5. The predicted octanol–water partition coefficient (Wildman–Crippen LogP) is 2.62. The maximum atomic E-state index is 10.9. The van der Waals surface area contributed by atoms with Crippen LogP contribution in [0.2, 0.25) is 0 Å². The van der Waals surface area contributed by atoms with Crippen LogP contribution >= 0.6 is 15.9 Å². The fraction of sp³-hybridized carbons (Fsp3) is 0.333. The minimum Gasteiger partial charge on any atom is -0.379 e. The van der Waals surface area contributed by atoms with Gasteiger partial charge in [-0.05, 0) is 19.1 Å². The number of nitrogens with zero attached hydrogens (tertiary/aromatic N) is 4. The molecule has 8 heteroatoms. The van der Waals surface area contributed by atoms with E-state index < -0.39 is 4.92 Å². The Morgan fingerprint density at radius 2 is 2.30 bits per heavy atom. The highest BCUT2D eigenvalue weighted by molar-refractivity contribution is 9.10. The van der Waals surface area contributed by atoms with Gasteiger partial charge in [-0.15, -0.1) is 10.2 Å². The van der Waals surface area contributed by atoms with Gasteiger partial charge >= 0.3 is 0 Å². The van der Waals surface area contributed by atoms with E-state index in [2.05, 4.69) is 31.4 Å². The first-order chi connectivity index (χ1) is 9.61. The van der Waals surface area contributed by atoms with Crippen molar-refractivity contribution in [3.63, 3.8) is 0 Å². The van der Waals surface area contributed by atoms with E-state index in [1.165, 1.54) is 6.07 Å². The van der Waals surface area contributed by atoms with Crippen molar-refractivity contribution in [1.29, 1.82) is 0 Å². The van der Waals surface area contributed by atoms with Crippen LogP contribution in [-0.4, -0.2) is 26.2 Å². The largest absolute Gasteiger partial charge is 0.379 e. The number of nitrogens with one attached hydrogen (secondary N) is 1. The van der Waals surface area contributed by atoms with Gasteiger partial charge in [-0.25, -0.2) is 0 Å². The molecule has 7 nitrogen and oxygen atoms in total. The minimum absolute atomic E-state index is 0.0603. The van der Waals surface area contributed by atoms with Crippen LogP contribution in [0.5, 0.6) is 0 Å². The molecule has 0 bridgehead atoms. The van der Waals surface area contributed by atoms with E-state index in [9.17, 15) is 10.1 Å². The second-order valence-electron chi connectivity index (χ2n) is 4.13. The van der Waals surface area contributed by atoms with Crippen molar-refractivity contribution in [2.45, 2.75) is 19.9 Å². The molecule has 1 N–H and O–H groups in total. The van der Waals surface area contributed by atoms with E-state index >= 15 is 0 Å². The summed E-state index contributed by atoms with van der Waals surface area (Å²) in [5, 5.41) is 21.9. The number of nitro groups is 1. The zero-order valence-electron chi connectivity index (χ0n) is 10.9. The summed E-state index contributed by atoms with van der Waals surface area (Å²) in [6.07, 6.45) is 2.33. The van der Waals surface area contributed by atoms with Gasteiger partial charge in [0.2, 0.25) is 0 Å². The molecule has 0 saturated heterocycles. The van der Waals surface area contributed by atoms with Gasteiger partial charge in [0.25, 0.3) is 5.69 Å². The number of nitro benzene ring substituents is 1. The van der Waals surface area contributed by atoms with Crippen molar-refractivity contribution >= 4 is 27.3 Å². The second-order valence-corrected chi connectivity index (χ2v) is 5.04. The van der Waals surface area contributed by atoms with Gasteiger partial charge in [0.05, 0.1) is 4.92 Å². The molecule has 0 unspecified atom stereocenters. The standard InChI is InChI=1S/C12H14BrN5O2/c1-2-17-8-15-16-12(17)5-6-14-10-7-9(13)3-4-11(10)18(19)20/h3-4,7-8,14H,2,5-6H2,1H3. The lowest BCUT2D eigenvalue weighted by molar-refractivity contribution is -0.384. The summed E-state index contributed by atoms with van der Waals surface area (Å²) in [7, 11) is 0. The summed E-state index contributed by atoms with van der Waals surface area (Å²) >= 11 is 3.31. The smallest absolute Gasteiger partial charge is 0.292 e. The van der Waals surface area contributed by atoms with E-state index in [-0.39, 0.29) is 5.69 Å². The molecule has 0 aliphatic rings. The SMILES string of the molecule is CCn1cnnc1CCNc1cc(Br)ccc1[N+](=O)[O-]. The average Bonchev–Trinajstić information content (AvgIpc) is 2.86. The lowest BCUT2D eigenvalue weighted by Gasteiger charge is -2.08. The van der Waals surface area contributed by atoms with Crippen LogP contribution in [0, 0.1) is 10.1 Å². The van der Waals surface area contributed by atoms with Gasteiger partial charge in [-0.2, -0.15) is 0 Å². The third-order valence-corrected chi connectivity index (χ3v) is 3.35. The van der Waals surface area contributed by atoms with Crippen LogP contribution in [0.1, 0.15) is 12.7 Å². The lowest BCUT2D eigenvalue weighted by Crippen LogP contribution is -2.10. The molecule has 0 aliphatic carbocycles. The molecule has 1 heterocycles. The summed E-state index contributed by atoms with van der Waals surface area (Å²) in [5.74, 6) is 0.859. The average molecular weight is 340 g/mol. The van der Waals surface area contributed by atoms with Crippen LogP contribution in [0.15, 0.2) is 29.0 Å². The number of aryl methyl sites for hydroxylation is 1. The third kappa shape index (κ3) is 3.32. The summed E-state index contributed by atoms with van der Waals surface area (Å²) in [4.78, 5) is 10.5. The highest BCUT2D eigenvalue weighted by Crippen LogP contribution is 2.27. The first-order valence-corrected chi connectivity index (χ1v) is 6.95. The monoisotopic (exact) mass is 339 g/mol. The first kappa shape index (κ1) is 14.4. The van der Waals surface area contributed by atoms with Crippen LogP contribution in [0.3, 0.4) is 0 Å². The molecule has 0 fully saturated rings. The molecule has 2 rings (SSSR count). The van der Waals surface area contributed by atoms with E-state index in [1.807, 2.05) is 11.5 Å². The summed E-state index contributed by atoms with van der Waals surface area (Å²) in [5.41, 5.74) is 0.553. The molecule has 20 heavy (non-hydrogen) atoms. The molecule has 1 aromatic heterocycles. The van der Waals surface area contributed by atoms with Crippen molar-refractivity contribution in [2.75, 3.05) is 11.9 Å². The highest BCUT2D eigenvalue weighted by atomic mass is 79.9. The van der Waals surface area contributed by atoms with Crippen molar-refractivity contribution < 1.29 is 4.92 Å². The molecule has 106 valence electrons. The first-order valence-electron chi connectivity index (χ1n) is 6.16. The molecular weight excluding hydrogens is 326 g/mol. The fourth-order valence-corrected chi connectivity index (χ4v) is 2.22. The number of anilines is 1. The van der Waals surface area contributed by atoms with Crippen LogP contribution < -0.4 is 5.32 Å². The van der Waals surface area contributed by atoms with Crippen molar-refractivity contribution in [3.8, 4) is 0 Å². The van der Waals surface area contributed by atoms with Gasteiger partial charge in [0.1, 0.15) is 17.8 Å². The van der Waals surface area contributed by atoms with E-state index in [1.54, 1.807) is 18.5 Å². The van der Waals surface area contributed by atoms with Gasteiger partial charge in [-0.1, -0.05) is 15.9 Å². The molecule has 0 saturated carbocycles. The quantitative estimate of drug-likeness (QED) is 0.645. The molecule has 2 aromatic rings. The Labute approximate surface area is 124 Å². The summed E-state index contributed by atoms with van der Waals surface area (Å²) < 4.78 is 2.74. The van der Waals surface area contributed by atoms with Gasteiger partial charge in [-0.3, -0.25) is 10.1 Å². The number of halogens is 1. The maximum Gasteiger partial charge on any atom is 0.292 e. The van der Waals surface area contributed by atoms with E-state index in [4.69, 9.17) is 0 Å². The predicted molar refractivity (Wildman–Crippen MR) is 78.7 cm³/mol. The molecule has 1 aromatic carbocycles. The van der Waals surface area contributed by atoms with E-state index in [0.29, 0.717) is 18.7 Å². The van der Waals surface area contributed by atoms with Gasteiger partial charge < -0.3 is 9.88 Å². The number of benzene rings is 1. The minimum atomic E-state index is -0.399. The maximum absolute atomic E-state index is 10.9. The molecular formula is C12H14BrN5O2. The second kappa shape index (κ2) is 6.47. The summed E-state index contributed by atoms with van der Waals surface area (Å²) in [6.45, 7) is 3.37. The Morgan fingerprint density at radius 3 is 3.00 bits per heavy atom. The van der Waals surface area contributed by atoms with Crippen LogP contribution in [0.4, 0.5) is 11.4 Å². The molecule has 0 atom stereocenters. The number of hydrogen-bond acceptors (Lipinski definition) is 5. The Morgan fingerprint density at radius 1 is 1.50 bits per heavy atom. The van der Waals surface area contributed by atoms with Crippen molar-refractivity contribution in [3.05, 3.63) is 44.9 Å². The topological polar surface area (TPSA) is 85.9 Å². The fourth-order valence-electron chi connectivity index (χ4n) is 1.85.